The molecule has 2 rings (SSSR count). The lowest BCUT2D eigenvalue weighted by molar-refractivity contribution is 0.440. The van der Waals surface area contributed by atoms with Gasteiger partial charge in [-0.05, 0) is 30.2 Å². The van der Waals surface area contributed by atoms with Crippen LogP contribution in [0.15, 0.2) is 24.3 Å². The van der Waals surface area contributed by atoms with Crippen molar-refractivity contribution in [1.29, 1.82) is 0 Å². The summed E-state index contributed by atoms with van der Waals surface area (Å²) < 4.78 is 0. The summed E-state index contributed by atoms with van der Waals surface area (Å²) in [7, 11) is 0. The zero-order valence-electron chi connectivity index (χ0n) is 8.71. The molecule has 1 fully saturated rings. The van der Waals surface area contributed by atoms with E-state index < -0.39 is 0 Å². The lowest BCUT2D eigenvalue weighted by atomic mass is 9.78. The van der Waals surface area contributed by atoms with Gasteiger partial charge in [0.25, 0.3) is 0 Å². The molecule has 1 aromatic carbocycles. The summed E-state index contributed by atoms with van der Waals surface area (Å²) in [4.78, 5) is 0. The molecule has 1 aliphatic rings. The van der Waals surface area contributed by atoms with Crippen LogP contribution in [-0.2, 0) is 5.41 Å². The maximum absolute atomic E-state index is 6.26. The van der Waals surface area contributed by atoms with Crippen molar-refractivity contribution in [3.63, 3.8) is 0 Å². The first-order valence-corrected chi connectivity index (χ1v) is 6.85. The van der Waals surface area contributed by atoms with Crippen LogP contribution in [0.2, 0.25) is 5.02 Å². The van der Waals surface area contributed by atoms with E-state index in [1.165, 1.54) is 24.2 Å². The van der Waals surface area contributed by atoms with Gasteiger partial charge in [-0.25, -0.2) is 0 Å². The summed E-state index contributed by atoms with van der Waals surface area (Å²) in [5.41, 5.74) is 7.32. The zero-order valence-corrected chi connectivity index (χ0v) is 10.3. The van der Waals surface area contributed by atoms with Gasteiger partial charge in [-0.15, -0.1) is 0 Å². The van der Waals surface area contributed by atoms with Crippen LogP contribution in [0.1, 0.15) is 18.4 Å². The highest BCUT2D eigenvalue weighted by Gasteiger charge is 2.34. The lowest BCUT2D eigenvalue weighted by Gasteiger charge is -2.36. The highest BCUT2D eigenvalue weighted by molar-refractivity contribution is 7.99. The van der Waals surface area contributed by atoms with Crippen LogP contribution >= 0.6 is 23.4 Å². The molecule has 0 saturated carbocycles. The predicted molar refractivity (Wildman–Crippen MR) is 68.7 cm³/mol. The van der Waals surface area contributed by atoms with Crippen molar-refractivity contribution in [2.45, 2.75) is 18.3 Å². The molecule has 1 heterocycles. The molecule has 0 aromatic heterocycles. The van der Waals surface area contributed by atoms with Gasteiger partial charge in [0.05, 0.1) is 0 Å². The lowest BCUT2D eigenvalue weighted by Crippen LogP contribution is -2.40. The van der Waals surface area contributed by atoms with E-state index in [4.69, 9.17) is 17.3 Å². The van der Waals surface area contributed by atoms with Gasteiger partial charge in [-0.2, -0.15) is 11.8 Å². The van der Waals surface area contributed by atoms with E-state index in [0.29, 0.717) is 6.54 Å². The average molecular weight is 242 g/mol. The quantitative estimate of drug-likeness (QED) is 0.861. The second kappa shape index (κ2) is 4.77. The van der Waals surface area contributed by atoms with Gasteiger partial charge < -0.3 is 5.73 Å². The van der Waals surface area contributed by atoms with Crippen molar-refractivity contribution in [2.24, 2.45) is 5.73 Å². The van der Waals surface area contributed by atoms with Gasteiger partial charge in [0.15, 0.2) is 0 Å². The highest BCUT2D eigenvalue weighted by Crippen LogP contribution is 2.39. The third-order valence-electron chi connectivity index (χ3n) is 3.16. The fourth-order valence-corrected chi connectivity index (χ4v) is 3.86. The van der Waals surface area contributed by atoms with E-state index in [1.807, 2.05) is 23.9 Å². The summed E-state index contributed by atoms with van der Waals surface area (Å²) in [6, 6.07) is 8.12. The van der Waals surface area contributed by atoms with Crippen LogP contribution < -0.4 is 5.73 Å². The Kier molecular flexibility index (Phi) is 3.60. The van der Waals surface area contributed by atoms with Crippen molar-refractivity contribution >= 4 is 23.4 Å². The van der Waals surface area contributed by atoms with Gasteiger partial charge in [-0.1, -0.05) is 29.8 Å². The normalized spacial score (nSPS) is 26.5. The Morgan fingerprint density at radius 3 is 2.80 bits per heavy atom. The second-order valence-corrected chi connectivity index (χ2v) is 5.63. The van der Waals surface area contributed by atoms with Crippen LogP contribution in [0.3, 0.4) is 0 Å². The fourth-order valence-electron chi connectivity index (χ4n) is 2.23. The van der Waals surface area contributed by atoms with Gasteiger partial charge in [0, 0.05) is 22.7 Å². The summed E-state index contributed by atoms with van der Waals surface area (Å²) in [5, 5.41) is 0.866. The molecule has 0 spiro atoms. The molecule has 1 nitrogen and oxygen atoms in total. The topological polar surface area (TPSA) is 26.0 Å². The molecular formula is C12H16ClNS. The van der Waals surface area contributed by atoms with Crippen LogP contribution in [0, 0.1) is 0 Å². The van der Waals surface area contributed by atoms with Crippen molar-refractivity contribution in [1.82, 2.24) is 0 Å². The molecule has 1 unspecified atom stereocenters. The summed E-state index contributed by atoms with van der Waals surface area (Å²) in [5.74, 6) is 2.36. The fraction of sp³-hybridized carbons (Fsp3) is 0.500. The zero-order chi connectivity index (χ0) is 10.7. The first-order chi connectivity index (χ1) is 7.28. The van der Waals surface area contributed by atoms with Crippen LogP contribution in [0.4, 0.5) is 0 Å². The average Bonchev–Trinajstić information content (AvgIpc) is 2.30. The number of thioether (sulfide) groups is 1. The minimum Gasteiger partial charge on any atom is -0.330 e. The smallest absolute Gasteiger partial charge is 0.0444 e. The summed E-state index contributed by atoms with van der Waals surface area (Å²) in [6.45, 7) is 0.698. The highest BCUT2D eigenvalue weighted by atomic mass is 35.5. The SMILES string of the molecule is NCC1(c2ccccc2Cl)CCCSC1. The molecule has 82 valence electrons. The predicted octanol–water partition coefficient (Wildman–Crippen LogP) is 3.06. The molecule has 0 bridgehead atoms. The Bertz CT molecular complexity index is 334. The van der Waals surface area contributed by atoms with Gasteiger partial charge in [0.1, 0.15) is 0 Å². The third-order valence-corrected chi connectivity index (χ3v) is 4.82. The first kappa shape index (κ1) is 11.3. The van der Waals surface area contributed by atoms with E-state index in [2.05, 4.69) is 12.1 Å². The van der Waals surface area contributed by atoms with Crippen LogP contribution in [0.5, 0.6) is 0 Å². The minimum atomic E-state index is 0.112. The molecule has 1 saturated heterocycles. The Balaban J connectivity index is 2.36. The van der Waals surface area contributed by atoms with Crippen molar-refractivity contribution in [3.05, 3.63) is 34.9 Å². The van der Waals surface area contributed by atoms with Gasteiger partial charge >= 0.3 is 0 Å². The van der Waals surface area contributed by atoms with Gasteiger partial charge in [0.2, 0.25) is 0 Å². The monoisotopic (exact) mass is 241 g/mol. The number of benzene rings is 1. The maximum atomic E-state index is 6.26. The molecule has 3 heteroatoms. The molecule has 1 atom stereocenters. The van der Waals surface area contributed by atoms with E-state index in [-0.39, 0.29) is 5.41 Å². The number of hydrogen-bond donors (Lipinski definition) is 1. The molecule has 0 aliphatic carbocycles. The Morgan fingerprint density at radius 2 is 2.20 bits per heavy atom. The van der Waals surface area contributed by atoms with Crippen molar-refractivity contribution < 1.29 is 0 Å². The Labute approximate surface area is 100 Å². The number of hydrogen-bond acceptors (Lipinski definition) is 2. The van der Waals surface area contributed by atoms with E-state index in [9.17, 15) is 0 Å². The molecular weight excluding hydrogens is 226 g/mol. The first-order valence-electron chi connectivity index (χ1n) is 5.31. The molecule has 1 aliphatic heterocycles. The van der Waals surface area contributed by atoms with Crippen LogP contribution in [0.25, 0.3) is 0 Å². The van der Waals surface area contributed by atoms with Crippen LogP contribution in [-0.4, -0.2) is 18.1 Å². The second-order valence-electron chi connectivity index (χ2n) is 4.12. The number of nitrogens with two attached hydrogens (primary N) is 1. The molecule has 1 aromatic rings. The van der Waals surface area contributed by atoms with Crippen molar-refractivity contribution in [2.75, 3.05) is 18.1 Å². The summed E-state index contributed by atoms with van der Waals surface area (Å²) in [6.07, 6.45) is 2.41. The molecule has 2 N–H and O–H groups in total. The largest absolute Gasteiger partial charge is 0.330 e. The minimum absolute atomic E-state index is 0.112. The number of halogens is 1. The summed E-state index contributed by atoms with van der Waals surface area (Å²) >= 11 is 8.25. The number of rotatable bonds is 2. The standard InChI is InChI=1S/C12H16ClNS/c13-11-5-2-1-4-10(11)12(8-14)6-3-7-15-9-12/h1-2,4-5H,3,6-9,14H2. The Hall–Kier alpha value is -0.180. The molecule has 0 radical (unpaired) electrons. The Morgan fingerprint density at radius 1 is 1.40 bits per heavy atom. The van der Waals surface area contributed by atoms with Gasteiger partial charge in [-0.3, -0.25) is 0 Å². The maximum Gasteiger partial charge on any atom is 0.0444 e. The third kappa shape index (κ3) is 2.17. The van der Waals surface area contributed by atoms with Crippen molar-refractivity contribution in [3.8, 4) is 0 Å². The van der Waals surface area contributed by atoms with E-state index >= 15 is 0 Å². The molecule has 15 heavy (non-hydrogen) atoms. The van der Waals surface area contributed by atoms with E-state index in [0.717, 1.165) is 10.8 Å². The molecule has 0 amide bonds. The van der Waals surface area contributed by atoms with E-state index in [1.54, 1.807) is 0 Å².